The second-order valence-electron chi connectivity index (χ2n) is 7.11. The van der Waals surface area contributed by atoms with Crippen molar-refractivity contribution in [1.29, 1.82) is 0 Å². The van der Waals surface area contributed by atoms with Gasteiger partial charge in [-0.25, -0.2) is 0 Å². The van der Waals surface area contributed by atoms with E-state index in [2.05, 4.69) is 15.5 Å². The number of piperidine rings is 1. The number of carbonyl (C=O) groups is 1. The topological polar surface area (TPSA) is 80.5 Å². The maximum Gasteiger partial charge on any atom is 0.255 e. The monoisotopic (exact) mass is 426 g/mol. The number of hydrogen-bond acceptors (Lipinski definition) is 6. The summed E-state index contributed by atoms with van der Waals surface area (Å²) in [6, 6.07) is 12.8. The second-order valence-corrected chi connectivity index (χ2v) is 7.52. The zero-order valence-corrected chi connectivity index (χ0v) is 17.5. The number of anilines is 1. The lowest BCUT2D eigenvalue weighted by Gasteiger charge is -2.27. The van der Waals surface area contributed by atoms with Gasteiger partial charge in [-0.3, -0.25) is 4.79 Å². The Morgan fingerprint density at radius 1 is 1.20 bits per heavy atom. The fourth-order valence-electron chi connectivity index (χ4n) is 3.51. The molecule has 1 aliphatic heterocycles. The first-order valence-corrected chi connectivity index (χ1v) is 10.3. The Morgan fingerprint density at radius 3 is 2.77 bits per heavy atom. The summed E-state index contributed by atoms with van der Waals surface area (Å²) in [7, 11) is 1.60. The zero-order valence-electron chi connectivity index (χ0n) is 16.7. The molecule has 156 valence electrons. The minimum absolute atomic E-state index is 0.00963. The van der Waals surface area contributed by atoms with Crippen molar-refractivity contribution in [2.75, 3.05) is 25.5 Å². The molecule has 2 aromatic carbocycles. The lowest BCUT2D eigenvalue weighted by molar-refractivity contribution is 0.0724. The Labute approximate surface area is 180 Å². The number of benzene rings is 2. The molecule has 1 amide bonds. The number of methoxy groups -OCH3 is 1. The van der Waals surface area contributed by atoms with Crippen LogP contribution in [-0.4, -0.2) is 41.1 Å². The van der Waals surface area contributed by atoms with Crippen LogP contribution in [0.25, 0.3) is 11.4 Å². The predicted molar refractivity (Wildman–Crippen MR) is 115 cm³/mol. The third-order valence-corrected chi connectivity index (χ3v) is 5.42. The molecule has 0 atom stereocenters. The van der Waals surface area contributed by atoms with Gasteiger partial charge in [0.1, 0.15) is 5.75 Å². The molecule has 1 fully saturated rings. The summed E-state index contributed by atoms with van der Waals surface area (Å²) in [4.78, 5) is 19.0. The molecular formula is C22H23ClN4O3. The lowest BCUT2D eigenvalue weighted by Crippen LogP contribution is -2.35. The van der Waals surface area contributed by atoms with Crippen LogP contribution in [0.5, 0.6) is 5.75 Å². The highest BCUT2D eigenvalue weighted by atomic mass is 35.5. The summed E-state index contributed by atoms with van der Waals surface area (Å²) >= 11 is 6.39. The molecule has 30 heavy (non-hydrogen) atoms. The molecule has 0 bridgehead atoms. The van der Waals surface area contributed by atoms with Crippen molar-refractivity contribution in [3.05, 3.63) is 58.9 Å². The van der Waals surface area contributed by atoms with E-state index in [0.717, 1.165) is 37.2 Å². The van der Waals surface area contributed by atoms with E-state index < -0.39 is 0 Å². The molecule has 0 saturated carbocycles. The molecule has 0 unspecified atom stereocenters. The Hall–Kier alpha value is -3.06. The van der Waals surface area contributed by atoms with Crippen LogP contribution in [0.2, 0.25) is 5.02 Å². The summed E-state index contributed by atoms with van der Waals surface area (Å²) in [5.74, 6) is 1.56. The Bertz CT molecular complexity index is 1030. The number of amides is 1. The van der Waals surface area contributed by atoms with E-state index in [9.17, 15) is 4.79 Å². The number of halogens is 1. The number of rotatable bonds is 6. The number of para-hydroxylation sites is 1. The third-order valence-electron chi connectivity index (χ3n) is 5.10. The minimum Gasteiger partial charge on any atom is -0.496 e. The number of ether oxygens (including phenoxy) is 1. The second kappa shape index (κ2) is 9.17. The summed E-state index contributed by atoms with van der Waals surface area (Å²) in [5, 5.41) is 7.66. The van der Waals surface area contributed by atoms with Gasteiger partial charge in [0.2, 0.25) is 11.7 Å². The normalized spacial score (nSPS) is 13.9. The molecule has 4 rings (SSSR count). The van der Waals surface area contributed by atoms with Crippen LogP contribution in [0.15, 0.2) is 47.0 Å². The minimum atomic E-state index is -0.00963. The van der Waals surface area contributed by atoms with E-state index in [4.69, 9.17) is 20.9 Å². The first-order chi connectivity index (χ1) is 14.7. The molecule has 8 heteroatoms. The van der Waals surface area contributed by atoms with Crippen LogP contribution in [0.4, 0.5) is 5.69 Å². The third kappa shape index (κ3) is 4.41. The smallest absolute Gasteiger partial charge is 0.255 e. The highest BCUT2D eigenvalue weighted by Gasteiger charge is 2.20. The van der Waals surface area contributed by atoms with Crippen molar-refractivity contribution < 1.29 is 14.1 Å². The van der Waals surface area contributed by atoms with Gasteiger partial charge < -0.3 is 19.5 Å². The van der Waals surface area contributed by atoms with Gasteiger partial charge >= 0.3 is 0 Å². The lowest BCUT2D eigenvalue weighted by atomic mass is 10.1. The first-order valence-electron chi connectivity index (χ1n) is 9.94. The van der Waals surface area contributed by atoms with Crippen LogP contribution >= 0.6 is 11.6 Å². The van der Waals surface area contributed by atoms with Crippen LogP contribution in [0.1, 0.15) is 35.5 Å². The Kier molecular flexibility index (Phi) is 6.18. The van der Waals surface area contributed by atoms with Crippen molar-refractivity contribution in [2.24, 2.45) is 0 Å². The quantitative estimate of drug-likeness (QED) is 0.618. The molecule has 7 nitrogen and oxygen atoms in total. The number of aromatic nitrogens is 2. The van der Waals surface area contributed by atoms with Crippen molar-refractivity contribution in [3.8, 4) is 17.1 Å². The van der Waals surface area contributed by atoms with Gasteiger partial charge in [0.05, 0.1) is 29.8 Å². The van der Waals surface area contributed by atoms with Crippen LogP contribution in [-0.2, 0) is 6.54 Å². The van der Waals surface area contributed by atoms with Gasteiger partial charge in [-0.15, -0.1) is 0 Å². The van der Waals surface area contributed by atoms with E-state index >= 15 is 0 Å². The molecular weight excluding hydrogens is 404 g/mol. The predicted octanol–water partition coefficient (Wildman–Crippen LogP) is 4.64. The Morgan fingerprint density at radius 2 is 2.00 bits per heavy atom. The Balaban J connectivity index is 1.41. The first kappa shape index (κ1) is 20.2. The highest BCUT2D eigenvalue weighted by Crippen LogP contribution is 2.28. The van der Waals surface area contributed by atoms with Crippen molar-refractivity contribution in [2.45, 2.75) is 25.8 Å². The molecule has 0 aliphatic carbocycles. The van der Waals surface area contributed by atoms with Crippen molar-refractivity contribution in [3.63, 3.8) is 0 Å². The van der Waals surface area contributed by atoms with E-state index in [0.29, 0.717) is 34.6 Å². The van der Waals surface area contributed by atoms with E-state index in [-0.39, 0.29) is 5.91 Å². The summed E-state index contributed by atoms with van der Waals surface area (Å²) < 4.78 is 10.7. The van der Waals surface area contributed by atoms with Crippen molar-refractivity contribution >= 4 is 23.2 Å². The van der Waals surface area contributed by atoms with Crippen molar-refractivity contribution in [1.82, 2.24) is 15.0 Å². The maximum atomic E-state index is 12.7. The van der Waals surface area contributed by atoms with E-state index in [1.165, 1.54) is 6.42 Å². The average molecular weight is 427 g/mol. The van der Waals surface area contributed by atoms with E-state index in [1.807, 2.05) is 35.2 Å². The fraction of sp³-hybridized carbons (Fsp3) is 0.318. The molecule has 1 N–H and O–H groups in total. The van der Waals surface area contributed by atoms with Gasteiger partial charge in [-0.05, 0) is 49.6 Å². The number of hydrogen-bond donors (Lipinski definition) is 1. The van der Waals surface area contributed by atoms with Crippen LogP contribution in [0, 0.1) is 0 Å². The number of carbonyl (C=O) groups excluding carboxylic acids is 1. The van der Waals surface area contributed by atoms with Crippen LogP contribution < -0.4 is 10.1 Å². The molecule has 1 saturated heterocycles. The average Bonchev–Trinajstić information content (AvgIpc) is 3.27. The number of likely N-dealkylation sites (tertiary alicyclic amines) is 1. The molecule has 1 aromatic heterocycles. The van der Waals surface area contributed by atoms with Gasteiger partial charge in [-0.2, -0.15) is 4.98 Å². The SMILES string of the molecule is COc1ccccc1-c1noc(CNc2ccc(C(=O)N3CCCCC3)c(Cl)c2)n1. The van der Waals surface area contributed by atoms with Gasteiger partial charge in [-0.1, -0.05) is 28.9 Å². The zero-order chi connectivity index (χ0) is 20.9. The summed E-state index contributed by atoms with van der Waals surface area (Å²) in [6.07, 6.45) is 3.27. The standard InChI is InChI=1S/C22H23ClN4O3/c1-29-19-8-4-3-7-17(19)21-25-20(30-26-21)14-24-15-9-10-16(18(23)13-15)22(28)27-11-5-2-6-12-27/h3-4,7-10,13,24H,2,5-6,11-12,14H2,1H3. The van der Waals surface area contributed by atoms with Gasteiger partial charge in [0.15, 0.2) is 0 Å². The molecule has 1 aliphatic rings. The molecule has 0 spiro atoms. The number of nitrogens with one attached hydrogen (secondary N) is 1. The number of nitrogens with zero attached hydrogens (tertiary/aromatic N) is 3. The van der Waals surface area contributed by atoms with E-state index in [1.54, 1.807) is 19.2 Å². The molecule has 3 aromatic rings. The summed E-state index contributed by atoms with van der Waals surface area (Å²) in [5.41, 5.74) is 2.06. The largest absolute Gasteiger partial charge is 0.496 e. The fourth-order valence-corrected chi connectivity index (χ4v) is 3.77. The van der Waals surface area contributed by atoms with Gasteiger partial charge in [0.25, 0.3) is 5.91 Å². The van der Waals surface area contributed by atoms with Crippen LogP contribution in [0.3, 0.4) is 0 Å². The molecule has 2 heterocycles. The summed E-state index contributed by atoms with van der Waals surface area (Å²) in [6.45, 7) is 1.92. The maximum absolute atomic E-state index is 12.7. The highest BCUT2D eigenvalue weighted by molar-refractivity contribution is 6.34. The van der Waals surface area contributed by atoms with Gasteiger partial charge in [0, 0.05) is 18.8 Å². The molecule has 0 radical (unpaired) electrons.